The summed E-state index contributed by atoms with van der Waals surface area (Å²) in [4.78, 5) is 21.4. The van der Waals surface area contributed by atoms with E-state index in [1.54, 1.807) is 19.2 Å². The highest BCUT2D eigenvalue weighted by Crippen LogP contribution is 2.50. The van der Waals surface area contributed by atoms with Gasteiger partial charge in [-0.05, 0) is 26.0 Å². The quantitative estimate of drug-likeness (QED) is 0.526. The van der Waals surface area contributed by atoms with Crippen LogP contribution in [-0.2, 0) is 10.3 Å². The fraction of sp³-hybridized carbons (Fsp3) is 0.381. The van der Waals surface area contributed by atoms with E-state index >= 15 is 4.39 Å². The Morgan fingerprint density at radius 3 is 2.75 bits per heavy atom. The van der Waals surface area contributed by atoms with E-state index in [0.717, 1.165) is 0 Å². The number of nitrogens with one attached hydrogen (secondary N) is 1. The molecule has 0 aliphatic carbocycles. The molecule has 0 radical (unpaired) electrons. The number of nitrogens with zero attached hydrogens (tertiary/aromatic N) is 5. The Morgan fingerprint density at radius 1 is 1.22 bits per heavy atom. The molecule has 0 fully saturated rings. The van der Waals surface area contributed by atoms with Gasteiger partial charge in [-0.3, -0.25) is 4.99 Å². The average Bonchev–Trinajstić information content (AvgIpc) is 2.73. The van der Waals surface area contributed by atoms with Gasteiger partial charge in [-0.25, -0.2) is 19.9 Å². The van der Waals surface area contributed by atoms with Gasteiger partial charge in [0.05, 0.1) is 34.6 Å². The Bertz CT molecular complexity index is 1210. The van der Waals surface area contributed by atoms with Gasteiger partial charge in [-0.1, -0.05) is 30.3 Å². The first-order valence-corrected chi connectivity index (χ1v) is 11.1. The average molecular weight is 476 g/mol. The second-order valence-corrected chi connectivity index (χ2v) is 10.1. The lowest BCUT2D eigenvalue weighted by atomic mass is 9.74. The third-order valence-electron chi connectivity index (χ3n) is 5.96. The third kappa shape index (κ3) is 3.98. The molecule has 0 bridgehead atoms. The van der Waals surface area contributed by atoms with Gasteiger partial charge in [0.15, 0.2) is 11.0 Å². The summed E-state index contributed by atoms with van der Waals surface area (Å²) in [6.45, 7) is 6.38. The number of halogens is 2. The number of hydrogen-bond acceptors (Lipinski definition) is 9. The lowest BCUT2D eigenvalue weighted by molar-refractivity contribution is 0.124. The van der Waals surface area contributed by atoms with E-state index in [1.165, 1.54) is 30.5 Å². The zero-order chi connectivity index (χ0) is 23.1. The summed E-state index contributed by atoms with van der Waals surface area (Å²) in [6, 6.07) is 3.38. The molecule has 3 aromatic heterocycles. The molecular weight excluding hydrogens is 453 g/mol. The van der Waals surface area contributed by atoms with Crippen LogP contribution in [0.2, 0.25) is 5.02 Å². The van der Waals surface area contributed by atoms with Crippen molar-refractivity contribution in [3.63, 3.8) is 0 Å². The summed E-state index contributed by atoms with van der Waals surface area (Å²) >= 11 is 7.46. The lowest BCUT2D eigenvalue weighted by Gasteiger charge is -2.47. The van der Waals surface area contributed by atoms with Crippen LogP contribution in [0.4, 0.5) is 15.9 Å². The number of amidine groups is 1. The van der Waals surface area contributed by atoms with Gasteiger partial charge in [-0.15, -0.1) is 0 Å². The topological polar surface area (TPSA) is 111 Å². The molecule has 32 heavy (non-hydrogen) atoms. The Hall–Kier alpha value is -2.56. The summed E-state index contributed by atoms with van der Waals surface area (Å²) in [5.41, 5.74) is 7.20. The van der Waals surface area contributed by atoms with Gasteiger partial charge < -0.3 is 15.8 Å². The molecule has 0 saturated carbocycles. The second kappa shape index (κ2) is 8.42. The van der Waals surface area contributed by atoms with E-state index in [2.05, 4.69) is 30.2 Å². The number of ether oxygens (including phenoxy) is 1. The number of nitrogens with two attached hydrogens (primary N) is 1. The minimum absolute atomic E-state index is 0.109. The summed E-state index contributed by atoms with van der Waals surface area (Å²) < 4.78 is 20.1. The number of thioether (sulfide) groups is 1. The second-order valence-electron chi connectivity index (χ2n) is 8.10. The molecule has 8 nitrogen and oxygen atoms in total. The van der Waals surface area contributed by atoms with E-state index < -0.39 is 16.2 Å². The van der Waals surface area contributed by atoms with Crippen LogP contribution in [0.25, 0.3) is 11.0 Å². The minimum atomic E-state index is -0.948. The summed E-state index contributed by atoms with van der Waals surface area (Å²) in [7, 11) is 1.64. The molecule has 4 rings (SSSR count). The Labute approximate surface area is 194 Å². The first kappa shape index (κ1) is 22.6. The van der Waals surface area contributed by atoms with E-state index in [4.69, 9.17) is 22.1 Å². The number of anilines is 2. The summed E-state index contributed by atoms with van der Waals surface area (Å²) in [6.07, 6.45) is 4.32. The summed E-state index contributed by atoms with van der Waals surface area (Å²) in [5, 5.41) is 4.02. The maximum Gasteiger partial charge on any atom is 0.218 e. The van der Waals surface area contributed by atoms with Gasteiger partial charge in [0.1, 0.15) is 11.8 Å². The largest absolute Gasteiger partial charge is 0.383 e. The van der Waals surface area contributed by atoms with Crippen LogP contribution < -0.4 is 11.1 Å². The number of aromatic nitrogens is 4. The molecule has 0 spiro atoms. The molecule has 1 aliphatic heterocycles. The molecule has 0 aromatic carbocycles. The van der Waals surface area contributed by atoms with Gasteiger partial charge in [0.2, 0.25) is 5.95 Å². The minimum Gasteiger partial charge on any atom is -0.383 e. The number of pyridine rings is 2. The predicted octanol–water partition coefficient (Wildman–Crippen LogP) is 4.27. The van der Waals surface area contributed by atoms with Crippen molar-refractivity contribution in [1.29, 1.82) is 0 Å². The number of aliphatic imine (C=N–C) groups is 1. The van der Waals surface area contributed by atoms with Crippen LogP contribution in [0.15, 0.2) is 35.8 Å². The zero-order valence-corrected chi connectivity index (χ0v) is 19.6. The van der Waals surface area contributed by atoms with Crippen LogP contribution >= 0.6 is 23.4 Å². The highest BCUT2D eigenvalue weighted by molar-refractivity contribution is 8.15. The first-order chi connectivity index (χ1) is 15.2. The van der Waals surface area contributed by atoms with Crippen LogP contribution in [0.1, 0.15) is 26.3 Å². The maximum absolute atomic E-state index is 15.0. The van der Waals surface area contributed by atoms with Crippen molar-refractivity contribution >= 4 is 51.1 Å². The monoisotopic (exact) mass is 475 g/mol. The molecule has 11 heteroatoms. The van der Waals surface area contributed by atoms with Gasteiger partial charge in [0, 0.05) is 29.5 Å². The predicted molar refractivity (Wildman–Crippen MR) is 126 cm³/mol. The first-order valence-electron chi connectivity index (χ1n) is 9.89. The number of methoxy groups -OCH3 is 1. The molecule has 4 heterocycles. The Morgan fingerprint density at radius 2 is 2.00 bits per heavy atom. The Balaban J connectivity index is 1.76. The number of rotatable bonds is 5. The molecule has 3 atom stereocenters. The van der Waals surface area contributed by atoms with Crippen molar-refractivity contribution in [2.24, 2.45) is 16.6 Å². The fourth-order valence-corrected chi connectivity index (χ4v) is 5.47. The maximum atomic E-state index is 15.0. The molecule has 168 valence electrons. The SMILES string of the molecule is COC[C@@]1(C)SC(N)=N[C@](C)(c2cc(Nc3ncnc4cc(Cl)cnc34)cnc2F)[C@@H]1C. The van der Waals surface area contributed by atoms with Crippen molar-refractivity contribution in [3.8, 4) is 0 Å². The van der Waals surface area contributed by atoms with Gasteiger partial charge >= 0.3 is 0 Å². The van der Waals surface area contributed by atoms with Crippen LogP contribution in [0, 0.1) is 11.9 Å². The van der Waals surface area contributed by atoms with Crippen LogP contribution in [-0.4, -0.2) is 43.6 Å². The molecule has 0 amide bonds. The lowest BCUT2D eigenvalue weighted by Crippen LogP contribution is -2.50. The zero-order valence-electron chi connectivity index (χ0n) is 18.1. The highest BCUT2D eigenvalue weighted by atomic mass is 35.5. The van der Waals surface area contributed by atoms with Crippen molar-refractivity contribution in [3.05, 3.63) is 47.4 Å². The van der Waals surface area contributed by atoms with Crippen molar-refractivity contribution < 1.29 is 9.13 Å². The normalized spacial score (nSPS) is 25.6. The van der Waals surface area contributed by atoms with Crippen molar-refractivity contribution in [2.75, 3.05) is 19.0 Å². The van der Waals surface area contributed by atoms with Crippen LogP contribution in [0.5, 0.6) is 0 Å². The molecule has 3 N–H and O–H groups in total. The van der Waals surface area contributed by atoms with Crippen molar-refractivity contribution in [2.45, 2.75) is 31.1 Å². The van der Waals surface area contributed by atoms with E-state index in [-0.39, 0.29) is 5.92 Å². The molecule has 0 unspecified atom stereocenters. The molecular formula is C21H23ClFN7OS. The van der Waals surface area contributed by atoms with E-state index in [9.17, 15) is 0 Å². The smallest absolute Gasteiger partial charge is 0.218 e. The van der Waals surface area contributed by atoms with Gasteiger partial charge in [-0.2, -0.15) is 4.39 Å². The highest BCUT2D eigenvalue weighted by Gasteiger charge is 2.50. The third-order valence-corrected chi connectivity index (χ3v) is 7.40. The van der Waals surface area contributed by atoms with Crippen molar-refractivity contribution in [1.82, 2.24) is 19.9 Å². The molecule has 0 saturated heterocycles. The van der Waals surface area contributed by atoms with Gasteiger partial charge in [0.25, 0.3) is 0 Å². The van der Waals surface area contributed by atoms with E-state index in [1.807, 2.05) is 20.8 Å². The summed E-state index contributed by atoms with van der Waals surface area (Å²) in [5.74, 6) is -0.260. The number of hydrogen-bond donors (Lipinski definition) is 2. The standard InChI is InChI=1S/C21H23ClFN7OS/c1-11-20(2,9-31-4)32-19(24)30-21(11,3)14-6-13(8-26-17(14)23)29-18-16-15(27-10-28-18)5-12(22)7-25-16/h5-8,10-11H,9H2,1-4H3,(H2,24,30)(H,27,28,29)/t11-,20-,21+/m1/s1. The number of fused-ring (bicyclic) bond motifs is 1. The fourth-order valence-electron chi connectivity index (χ4n) is 4.02. The van der Waals surface area contributed by atoms with Crippen LogP contribution in [0.3, 0.4) is 0 Å². The molecule has 3 aromatic rings. The molecule has 1 aliphatic rings. The Kier molecular flexibility index (Phi) is 5.95. The van der Waals surface area contributed by atoms with E-state index in [0.29, 0.717) is 44.9 Å².